The van der Waals surface area contributed by atoms with Crippen molar-refractivity contribution in [2.75, 3.05) is 11.9 Å². The molecule has 0 bridgehead atoms. The molecule has 1 aliphatic carbocycles. The van der Waals surface area contributed by atoms with E-state index in [9.17, 15) is 9.59 Å². The topological polar surface area (TPSA) is 69.6 Å². The molecule has 5 nitrogen and oxygen atoms in total. The van der Waals surface area contributed by atoms with Crippen LogP contribution < -0.4 is 10.2 Å². The molecule has 114 valence electrons. The summed E-state index contributed by atoms with van der Waals surface area (Å²) in [5.41, 5.74) is 3.00. The van der Waals surface area contributed by atoms with Crippen molar-refractivity contribution < 1.29 is 14.7 Å². The van der Waals surface area contributed by atoms with Gasteiger partial charge in [-0.1, -0.05) is 12.5 Å². The standard InChI is InChI=1S/C16H22N2O3/c1-10-7-11(2)9-12(8-10)18(3)16(21)17-14-6-4-5-13(14)15(19)20/h7-9,13-14H,4-6H2,1-3H3,(H,17,21)(H,19,20). The van der Waals surface area contributed by atoms with E-state index in [0.29, 0.717) is 6.42 Å². The van der Waals surface area contributed by atoms with Crippen LogP contribution in [0.1, 0.15) is 30.4 Å². The fourth-order valence-corrected chi connectivity index (χ4v) is 2.95. The van der Waals surface area contributed by atoms with Crippen molar-refractivity contribution in [1.82, 2.24) is 5.32 Å². The van der Waals surface area contributed by atoms with Crippen LogP contribution in [0.4, 0.5) is 10.5 Å². The predicted molar refractivity (Wildman–Crippen MR) is 81.6 cm³/mol. The first-order chi connectivity index (χ1) is 9.88. The summed E-state index contributed by atoms with van der Waals surface area (Å²) in [4.78, 5) is 25.0. The number of carboxylic acids is 1. The van der Waals surface area contributed by atoms with Crippen LogP contribution >= 0.6 is 0 Å². The lowest BCUT2D eigenvalue weighted by molar-refractivity contribution is -0.142. The van der Waals surface area contributed by atoms with Crippen LogP contribution in [0.25, 0.3) is 0 Å². The minimum Gasteiger partial charge on any atom is -0.481 e. The fourth-order valence-electron chi connectivity index (χ4n) is 2.95. The Labute approximate surface area is 125 Å². The van der Waals surface area contributed by atoms with Gasteiger partial charge < -0.3 is 10.4 Å². The Morgan fingerprint density at radius 2 is 1.81 bits per heavy atom. The third-order valence-electron chi connectivity index (χ3n) is 4.04. The molecule has 1 aromatic carbocycles. The molecule has 0 aliphatic heterocycles. The van der Waals surface area contributed by atoms with Crippen LogP contribution in [0.5, 0.6) is 0 Å². The van der Waals surface area contributed by atoms with Crippen LogP contribution in [0.3, 0.4) is 0 Å². The number of benzene rings is 1. The van der Waals surface area contributed by atoms with Crippen LogP contribution in [0.2, 0.25) is 0 Å². The fraction of sp³-hybridized carbons (Fsp3) is 0.500. The number of rotatable bonds is 3. The summed E-state index contributed by atoms with van der Waals surface area (Å²) in [5.74, 6) is -1.30. The van der Waals surface area contributed by atoms with Crippen molar-refractivity contribution in [3.8, 4) is 0 Å². The van der Waals surface area contributed by atoms with Gasteiger partial charge in [-0.25, -0.2) is 4.79 Å². The van der Waals surface area contributed by atoms with E-state index in [1.54, 1.807) is 7.05 Å². The second-order valence-electron chi connectivity index (χ2n) is 5.84. The van der Waals surface area contributed by atoms with Crippen molar-refractivity contribution in [3.05, 3.63) is 29.3 Å². The van der Waals surface area contributed by atoms with Gasteiger partial charge in [0.05, 0.1) is 5.92 Å². The van der Waals surface area contributed by atoms with E-state index in [2.05, 4.69) is 5.32 Å². The van der Waals surface area contributed by atoms with Gasteiger partial charge in [0.2, 0.25) is 0 Å². The number of aliphatic carboxylic acids is 1. The molecule has 2 amide bonds. The van der Waals surface area contributed by atoms with Crippen molar-refractivity contribution in [2.24, 2.45) is 5.92 Å². The first kappa shape index (κ1) is 15.4. The number of nitrogens with zero attached hydrogens (tertiary/aromatic N) is 1. The number of aryl methyl sites for hydroxylation is 2. The summed E-state index contributed by atoms with van der Waals surface area (Å²) >= 11 is 0. The van der Waals surface area contributed by atoms with E-state index in [0.717, 1.165) is 29.7 Å². The molecular formula is C16H22N2O3. The first-order valence-electron chi connectivity index (χ1n) is 7.24. The Morgan fingerprint density at radius 3 is 2.38 bits per heavy atom. The van der Waals surface area contributed by atoms with Crippen molar-refractivity contribution in [3.63, 3.8) is 0 Å². The van der Waals surface area contributed by atoms with Crippen molar-refractivity contribution in [2.45, 2.75) is 39.2 Å². The zero-order valence-corrected chi connectivity index (χ0v) is 12.7. The Kier molecular flexibility index (Phi) is 4.50. The summed E-state index contributed by atoms with van der Waals surface area (Å²) in [7, 11) is 1.70. The maximum atomic E-state index is 12.3. The largest absolute Gasteiger partial charge is 0.481 e. The zero-order chi connectivity index (χ0) is 15.6. The number of carbonyl (C=O) groups is 2. The molecule has 2 atom stereocenters. The summed E-state index contributed by atoms with van der Waals surface area (Å²) < 4.78 is 0. The molecule has 0 aromatic heterocycles. The molecule has 2 N–H and O–H groups in total. The number of hydrogen-bond donors (Lipinski definition) is 2. The van der Waals surface area contributed by atoms with Crippen LogP contribution in [0.15, 0.2) is 18.2 Å². The Bertz CT molecular complexity index is 536. The molecule has 5 heteroatoms. The summed E-state index contributed by atoms with van der Waals surface area (Å²) in [6.07, 6.45) is 2.20. The predicted octanol–water partition coefficient (Wildman–Crippen LogP) is 2.70. The van der Waals surface area contributed by atoms with Gasteiger partial charge in [0, 0.05) is 18.8 Å². The minimum atomic E-state index is -0.827. The van der Waals surface area contributed by atoms with Crippen molar-refractivity contribution in [1.29, 1.82) is 0 Å². The Hall–Kier alpha value is -2.04. The molecule has 21 heavy (non-hydrogen) atoms. The SMILES string of the molecule is Cc1cc(C)cc(N(C)C(=O)NC2CCCC2C(=O)O)c1. The molecular weight excluding hydrogens is 268 g/mol. The van der Waals surface area contributed by atoms with Gasteiger partial charge in [0.25, 0.3) is 0 Å². The number of hydrogen-bond acceptors (Lipinski definition) is 2. The van der Waals surface area contributed by atoms with E-state index in [1.165, 1.54) is 4.90 Å². The quantitative estimate of drug-likeness (QED) is 0.899. The average molecular weight is 290 g/mol. The number of nitrogens with one attached hydrogen (secondary N) is 1. The molecule has 0 saturated heterocycles. The molecule has 2 rings (SSSR count). The van der Waals surface area contributed by atoms with Gasteiger partial charge in [-0.3, -0.25) is 9.69 Å². The number of carbonyl (C=O) groups excluding carboxylic acids is 1. The third kappa shape index (κ3) is 3.54. The summed E-state index contributed by atoms with van der Waals surface area (Å²) in [5, 5.41) is 12.0. The number of carboxylic acid groups (broad SMARTS) is 1. The highest BCUT2D eigenvalue weighted by molar-refractivity contribution is 5.92. The Balaban J connectivity index is 2.07. The molecule has 2 unspecified atom stereocenters. The van der Waals surface area contributed by atoms with Gasteiger partial charge in [-0.15, -0.1) is 0 Å². The van der Waals surface area contributed by atoms with E-state index in [4.69, 9.17) is 5.11 Å². The lowest BCUT2D eigenvalue weighted by atomic mass is 10.0. The van der Waals surface area contributed by atoms with E-state index in [-0.39, 0.29) is 12.1 Å². The van der Waals surface area contributed by atoms with Crippen LogP contribution in [-0.2, 0) is 4.79 Å². The molecule has 0 radical (unpaired) electrons. The summed E-state index contributed by atoms with van der Waals surface area (Å²) in [6, 6.07) is 5.40. The van der Waals surface area contributed by atoms with E-state index < -0.39 is 11.9 Å². The summed E-state index contributed by atoms with van der Waals surface area (Å²) in [6.45, 7) is 3.97. The van der Waals surface area contributed by atoms with Gasteiger partial charge >= 0.3 is 12.0 Å². The molecule has 0 heterocycles. The zero-order valence-electron chi connectivity index (χ0n) is 12.7. The van der Waals surface area contributed by atoms with Gasteiger partial charge in [-0.05, 0) is 49.9 Å². The lowest BCUT2D eigenvalue weighted by Crippen LogP contribution is -2.46. The van der Waals surface area contributed by atoms with E-state index >= 15 is 0 Å². The van der Waals surface area contributed by atoms with Gasteiger partial charge in [-0.2, -0.15) is 0 Å². The number of anilines is 1. The molecule has 1 saturated carbocycles. The van der Waals surface area contributed by atoms with E-state index in [1.807, 2.05) is 32.0 Å². The third-order valence-corrected chi connectivity index (χ3v) is 4.04. The highest BCUT2D eigenvalue weighted by Crippen LogP contribution is 2.26. The minimum absolute atomic E-state index is 0.252. The van der Waals surface area contributed by atoms with Crippen molar-refractivity contribution >= 4 is 17.7 Å². The number of amides is 2. The normalized spacial score (nSPS) is 21.1. The maximum absolute atomic E-state index is 12.3. The molecule has 1 fully saturated rings. The Morgan fingerprint density at radius 1 is 1.19 bits per heavy atom. The second kappa shape index (κ2) is 6.16. The van der Waals surface area contributed by atoms with Gasteiger partial charge in [0.15, 0.2) is 0 Å². The average Bonchev–Trinajstić information content (AvgIpc) is 2.84. The monoisotopic (exact) mass is 290 g/mol. The van der Waals surface area contributed by atoms with Gasteiger partial charge in [0.1, 0.15) is 0 Å². The second-order valence-corrected chi connectivity index (χ2v) is 5.84. The lowest BCUT2D eigenvalue weighted by Gasteiger charge is -2.24. The van der Waals surface area contributed by atoms with Crippen LogP contribution in [0, 0.1) is 19.8 Å². The smallest absolute Gasteiger partial charge is 0.321 e. The highest BCUT2D eigenvalue weighted by atomic mass is 16.4. The molecule has 1 aromatic rings. The molecule has 1 aliphatic rings. The maximum Gasteiger partial charge on any atom is 0.321 e. The highest BCUT2D eigenvalue weighted by Gasteiger charge is 2.34. The molecule has 0 spiro atoms. The number of urea groups is 1. The van der Waals surface area contributed by atoms with Crippen LogP contribution in [-0.4, -0.2) is 30.2 Å². The first-order valence-corrected chi connectivity index (χ1v) is 7.24.